The van der Waals surface area contributed by atoms with E-state index in [1.807, 2.05) is 29.6 Å². The average molecular weight is 305 g/mol. The Morgan fingerprint density at radius 3 is 2.50 bits per heavy atom. The maximum atomic E-state index is 11.9. The number of nitrogens with zero attached hydrogens (tertiary/aromatic N) is 3. The molecule has 1 saturated carbocycles. The van der Waals surface area contributed by atoms with Crippen molar-refractivity contribution in [1.82, 2.24) is 25.3 Å². The highest BCUT2D eigenvalue weighted by molar-refractivity contribution is 5.75. The normalized spacial score (nSPS) is 20.4. The van der Waals surface area contributed by atoms with Gasteiger partial charge in [0.2, 0.25) is 0 Å². The number of carbonyl (C=O) groups is 1. The molecule has 0 radical (unpaired) electrons. The highest BCUT2D eigenvalue weighted by Gasteiger charge is 2.46. The topological polar surface area (TPSA) is 62.2 Å². The van der Waals surface area contributed by atoms with Gasteiger partial charge < -0.3 is 15.5 Å². The van der Waals surface area contributed by atoms with Crippen LogP contribution in [0.4, 0.5) is 4.79 Å². The summed E-state index contributed by atoms with van der Waals surface area (Å²) in [4.78, 5) is 13.7. The second kappa shape index (κ2) is 5.57. The molecule has 0 atom stereocenters. The summed E-state index contributed by atoms with van der Waals surface area (Å²) in [6.45, 7) is 9.80. The molecule has 122 valence electrons. The number of nitrogens with one attached hydrogen (secondary N) is 2. The molecule has 2 N–H and O–H groups in total. The van der Waals surface area contributed by atoms with Gasteiger partial charge in [-0.15, -0.1) is 0 Å². The fourth-order valence-electron chi connectivity index (χ4n) is 3.11. The summed E-state index contributed by atoms with van der Waals surface area (Å²) in [7, 11) is 0. The number of hydrogen-bond acceptors (Lipinski definition) is 3. The van der Waals surface area contributed by atoms with Crippen LogP contribution in [0.5, 0.6) is 0 Å². The van der Waals surface area contributed by atoms with Gasteiger partial charge >= 0.3 is 6.03 Å². The Morgan fingerprint density at radius 2 is 1.95 bits per heavy atom. The summed E-state index contributed by atoms with van der Waals surface area (Å²) < 4.78 is 2.02. The average Bonchev–Trinajstić information content (AvgIpc) is 2.95. The first-order valence-electron chi connectivity index (χ1n) is 8.27. The molecule has 3 rings (SSSR count). The van der Waals surface area contributed by atoms with Crippen molar-refractivity contribution in [1.29, 1.82) is 0 Å². The zero-order valence-electron chi connectivity index (χ0n) is 14.0. The van der Waals surface area contributed by atoms with E-state index in [4.69, 9.17) is 0 Å². The van der Waals surface area contributed by atoms with E-state index in [1.165, 1.54) is 18.4 Å². The summed E-state index contributed by atoms with van der Waals surface area (Å²) in [6, 6.07) is 0.991. The molecule has 1 saturated heterocycles. The van der Waals surface area contributed by atoms with E-state index >= 15 is 0 Å². The van der Waals surface area contributed by atoms with Crippen LogP contribution in [0.2, 0.25) is 0 Å². The third kappa shape index (κ3) is 2.97. The summed E-state index contributed by atoms with van der Waals surface area (Å²) in [5.41, 5.74) is 1.43. The van der Waals surface area contributed by atoms with E-state index < -0.39 is 0 Å². The van der Waals surface area contributed by atoms with Crippen LogP contribution in [-0.2, 0) is 5.54 Å². The lowest BCUT2D eigenvalue weighted by molar-refractivity contribution is 0.117. The molecule has 0 unspecified atom stereocenters. The first kappa shape index (κ1) is 15.3. The van der Waals surface area contributed by atoms with Gasteiger partial charge in [-0.25, -0.2) is 4.79 Å². The first-order valence-corrected chi connectivity index (χ1v) is 8.27. The fraction of sp³-hybridized carbons (Fsp3) is 0.750. The SMILES string of the molecule is CC(C)NC(=O)N1CC(n2cc(C3(NC(C)C)CC3)cn2)C1. The Bertz CT molecular complexity index is 540. The van der Waals surface area contributed by atoms with E-state index in [9.17, 15) is 4.79 Å². The number of likely N-dealkylation sites (tertiary alicyclic amines) is 1. The summed E-state index contributed by atoms with van der Waals surface area (Å²) in [6.07, 6.45) is 6.51. The van der Waals surface area contributed by atoms with Crippen LogP contribution >= 0.6 is 0 Å². The Kier molecular flexibility index (Phi) is 3.89. The Balaban J connectivity index is 1.57. The van der Waals surface area contributed by atoms with Gasteiger partial charge in [-0.05, 0) is 26.7 Å². The molecule has 1 aromatic heterocycles. The highest BCUT2D eigenvalue weighted by Crippen LogP contribution is 2.46. The molecule has 2 fully saturated rings. The van der Waals surface area contributed by atoms with E-state index in [0.29, 0.717) is 12.1 Å². The number of carbonyl (C=O) groups excluding carboxylic acids is 1. The molecule has 1 aliphatic carbocycles. The lowest BCUT2D eigenvalue weighted by Crippen LogP contribution is -2.55. The molecule has 6 heteroatoms. The predicted octanol–water partition coefficient (Wildman–Crippen LogP) is 1.84. The van der Waals surface area contributed by atoms with Crippen molar-refractivity contribution in [2.24, 2.45) is 0 Å². The molecule has 1 aromatic rings. The number of hydrogen-bond donors (Lipinski definition) is 2. The summed E-state index contributed by atoms with van der Waals surface area (Å²) >= 11 is 0. The van der Waals surface area contributed by atoms with Gasteiger partial charge in [-0.1, -0.05) is 13.8 Å². The van der Waals surface area contributed by atoms with Crippen LogP contribution in [0, 0.1) is 0 Å². The number of aromatic nitrogens is 2. The molecule has 0 bridgehead atoms. The highest BCUT2D eigenvalue weighted by atomic mass is 16.2. The van der Waals surface area contributed by atoms with Gasteiger partial charge in [0.1, 0.15) is 0 Å². The van der Waals surface area contributed by atoms with Gasteiger partial charge in [0, 0.05) is 42.5 Å². The van der Waals surface area contributed by atoms with Crippen LogP contribution in [0.15, 0.2) is 12.4 Å². The van der Waals surface area contributed by atoms with Crippen LogP contribution in [-0.4, -0.2) is 45.9 Å². The van der Waals surface area contributed by atoms with Crippen LogP contribution < -0.4 is 10.6 Å². The largest absolute Gasteiger partial charge is 0.336 e. The van der Waals surface area contributed by atoms with Crippen molar-refractivity contribution >= 4 is 6.03 Å². The second-order valence-electron chi connectivity index (χ2n) is 7.25. The molecule has 0 spiro atoms. The van der Waals surface area contributed by atoms with Crippen LogP contribution in [0.25, 0.3) is 0 Å². The monoisotopic (exact) mass is 305 g/mol. The molecule has 0 aromatic carbocycles. The van der Waals surface area contributed by atoms with Crippen molar-refractivity contribution in [2.75, 3.05) is 13.1 Å². The zero-order chi connectivity index (χ0) is 15.9. The van der Waals surface area contributed by atoms with Crippen molar-refractivity contribution < 1.29 is 4.79 Å². The lowest BCUT2D eigenvalue weighted by atomic mass is 10.1. The molecule has 2 amide bonds. The van der Waals surface area contributed by atoms with Gasteiger partial charge in [0.05, 0.1) is 12.2 Å². The van der Waals surface area contributed by atoms with E-state index in [2.05, 4.69) is 35.8 Å². The van der Waals surface area contributed by atoms with Crippen molar-refractivity contribution in [3.8, 4) is 0 Å². The minimum absolute atomic E-state index is 0.0266. The molecular formula is C16H27N5O. The Morgan fingerprint density at radius 1 is 1.27 bits per heavy atom. The Labute approximate surface area is 132 Å². The molecule has 2 heterocycles. The minimum Gasteiger partial charge on any atom is -0.336 e. The third-order valence-corrected chi connectivity index (χ3v) is 4.40. The van der Waals surface area contributed by atoms with Crippen LogP contribution in [0.3, 0.4) is 0 Å². The number of rotatable bonds is 5. The maximum absolute atomic E-state index is 11.9. The minimum atomic E-state index is 0.0266. The summed E-state index contributed by atoms with van der Waals surface area (Å²) in [5, 5.41) is 11.1. The molecule has 2 aliphatic rings. The van der Waals surface area contributed by atoms with Gasteiger partial charge in [0.15, 0.2) is 0 Å². The quantitative estimate of drug-likeness (QED) is 0.872. The van der Waals surface area contributed by atoms with E-state index in [0.717, 1.165) is 13.1 Å². The molecule has 22 heavy (non-hydrogen) atoms. The smallest absolute Gasteiger partial charge is 0.317 e. The number of urea groups is 1. The number of amides is 2. The van der Waals surface area contributed by atoms with Gasteiger partial charge in [0.25, 0.3) is 0 Å². The fourth-order valence-corrected chi connectivity index (χ4v) is 3.11. The molecular weight excluding hydrogens is 278 g/mol. The summed E-state index contributed by atoms with van der Waals surface area (Å²) in [5.74, 6) is 0. The van der Waals surface area contributed by atoms with Crippen molar-refractivity contribution in [2.45, 2.75) is 64.2 Å². The Hall–Kier alpha value is -1.56. The molecule has 6 nitrogen and oxygen atoms in total. The predicted molar refractivity (Wildman–Crippen MR) is 85.7 cm³/mol. The van der Waals surface area contributed by atoms with Crippen molar-refractivity contribution in [3.05, 3.63) is 18.0 Å². The van der Waals surface area contributed by atoms with E-state index in [-0.39, 0.29) is 17.6 Å². The standard InChI is InChI=1S/C16H27N5O/c1-11(2)18-15(22)20-9-14(10-20)21-8-13(7-17-21)16(5-6-16)19-12(3)4/h7-8,11-12,14,19H,5-6,9-10H2,1-4H3,(H,18,22). The zero-order valence-corrected chi connectivity index (χ0v) is 14.0. The first-order chi connectivity index (χ1) is 10.4. The van der Waals surface area contributed by atoms with Gasteiger partial charge in [-0.3, -0.25) is 4.68 Å². The van der Waals surface area contributed by atoms with Gasteiger partial charge in [-0.2, -0.15) is 5.10 Å². The lowest BCUT2D eigenvalue weighted by Gasteiger charge is -2.39. The van der Waals surface area contributed by atoms with E-state index in [1.54, 1.807) is 0 Å². The second-order valence-corrected chi connectivity index (χ2v) is 7.25. The maximum Gasteiger partial charge on any atom is 0.317 e. The van der Waals surface area contributed by atoms with Crippen molar-refractivity contribution in [3.63, 3.8) is 0 Å². The third-order valence-electron chi connectivity index (χ3n) is 4.40. The van der Waals surface area contributed by atoms with Crippen LogP contribution in [0.1, 0.15) is 52.1 Å². The molecule has 1 aliphatic heterocycles.